The lowest BCUT2D eigenvalue weighted by atomic mass is 9.94. The Kier molecular flexibility index (Phi) is 4.89. The van der Waals surface area contributed by atoms with Crippen molar-refractivity contribution < 1.29 is 24.2 Å². The predicted octanol–water partition coefficient (Wildman–Crippen LogP) is 1.51. The van der Waals surface area contributed by atoms with Gasteiger partial charge in [0.05, 0.1) is 13.2 Å². The van der Waals surface area contributed by atoms with Gasteiger partial charge >= 0.3 is 0 Å². The molecule has 0 saturated heterocycles. The van der Waals surface area contributed by atoms with Gasteiger partial charge in [-0.05, 0) is 39.7 Å². The van der Waals surface area contributed by atoms with Crippen LogP contribution in [0.3, 0.4) is 0 Å². The van der Waals surface area contributed by atoms with Crippen molar-refractivity contribution in [2.45, 2.75) is 45.3 Å². The van der Waals surface area contributed by atoms with E-state index in [9.17, 15) is 9.59 Å². The minimum atomic E-state index is -1.20. The molecule has 106 valence electrons. The predicted molar refractivity (Wildman–Crippen MR) is 69.3 cm³/mol. The Balaban J connectivity index is 2.82. The van der Waals surface area contributed by atoms with Crippen molar-refractivity contribution in [3.8, 4) is 0 Å². The highest BCUT2D eigenvalue weighted by atomic mass is 16.7. The summed E-state index contributed by atoms with van der Waals surface area (Å²) in [5, 5.41) is 9.15. The molecule has 1 heterocycles. The van der Waals surface area contributed by atoms with Crippen LogP contribution < -0.4 is 0 Å². The number of methoxy groups -OCH3 is 1. The van der Waals surface area contributed by atoms with E-state index in [4.69, 9.17) is 14.6 Å². The van der Waals surface area contributed by atoms with Crippen molar-refractivity contribution in [3.63, 3.8) is 0 Å². The second kappa shape index (κ2) is 6.02. The van der Waals surface area contributed by atoms with Crippen LogP contribution in [0.4, 0.5) is 0 Å². The molecule has 5 heteroatoms. The zero-order valence-corrected chi connectivity index (χ0v) is 11.7. The Morgan fingerprint density at radius 2 is 2.21 bits per heavy atom. The molecule has 0 amide bonds. The van der Waals surface area contributed by atoms with Gasteiger partial charge in [0.1, 0.15) is 5.57 Å². The summed E-state index contributed by atoms with van der Waals surface area (Å²) in [6.45, 7) is 4.59. The number of rotatable bonds is 6. The minimum absolute atomic E-state index is 0.0276. The number of ether oxygens (including phenoxy) is 2. The molecule has 0 spiro atoms. The molecule has 0 aliphatic carbocycles. The monoisotopic (exact) mass is 268 g/mol. The van der Waals surface area contributed by atoms with Crippen LogP contribution in [0.15, 0.2) is 23.7 Å². The number of allylic oxidation sites excluding steroid dienone is 1. The third-order valence-corrected chi connectivity index (χ3v) is 2.91. The van der Waals surface area contributed by atoms with Crippen molar-refractivity contribution in [1.29, 1.82) is 0 Å². The molecule has 19 heavy (non-hydrogen) atoms. The quantitative estimate of drug-likeness (QED) is 0.584. The van der Waals surface area contributed by atoms with E-state index < -0.39 is 17.5 Å². The number of hydrogen-bond acceptors (Lipinski definition) is 5. The van der Waals surface area contributed by atoms with E-state index in [1.807, 2.05) is 0 Å². The van der Waals surface area contributed by atoms with Crippen molar-refractivity contribution in [3.05, 3.63) is 23.7 Å². The van der Waals surface area contributed by atoms with Gasteiger partial charge in [-0.2, -0.15) is 0 Å². The third kappa shape index (κ3) is 3.44. The summed E-state index contributed by atoms with van der Waals surface area (Å²) in [7, 11) is 1.36. The summed E-state index contributed by atoms with van der Waals surface area (Å²) in [6, 6.07) is 0. The SMILES string of the molecule is COC1=C(C(C)=O)C(=O)[C@](C)(C=CCC[C@H](C)O)O1. The van der Waals surface area contributed by atoms with Gasteiger partial charge in [0.2, 0.25) is 5.78 Å². The smallest absolute Gasteiger partial charge is 0.295 e. The van der Waals surface area contributed by atoms with Gasteiger partial charge in [0.15, 0.2) is 11.4 Å². The molecule has 0 unspecified atom stereocenters. The van der Waals surface area contributed by atoms with Crippen molar-refractivity contribution in [2.24, 2.45) is 0 Å². The van der Waals surface area contributed by atoms with Gasteiger partial charge in [-0.25, -0.2) is 0 Å². The number of carbonyl (C=O) groups excluding carboxylic acids is 2. The van der Waals surface area contributed by atoms with Gasteiger partial charge < -0.3 is 14.6 Å². The van der Waals surface area contributed by atoms with Gasteiger partial charge in [-0.3, -0.25) is 9.59 Å². The molecule has 0 bridgehead atoms. The first-order valence-corrected chi connectivity index (χ1v) is 6.20. The highest BCUT2D eigenvalue weighted by molar-refractivity contribution is 6.24. The van der Waals surface area contributed by atoms with Crippen LogP contribution in [0.25, 0.3) is 0 Å². The third-order valence-electron chi connectivity index (χ3n) is 2.91. The topological polar surface area (TPSA) is 72.8 Å². The summed E-state index contributed by atoms with van der Waals surface area (Å²) < 4.78 is 10.4. The van der Waals surface area contributed by atoms with E-state index >= 15 is 0 Å². The lowest BCUT2D eigenvalue weighted by molar-refractivity contribution is -0.128. The fraction of sp³-hybridized carbons (Fsp3) is 0.571. The first-order valence-electron chi connectivity index (χ1n) is 6.20. The van der Waals surface area contributed by atoms with E-state index in [1.165, 1.54) is 14.0 Å². The zero-order valence-electron chi connectivity index (χ0n) is 11.7. The molecule has 1 rings (SSSR count). The second-order valence-corrected chi connectivity index (χ2v) is 4.79. The molecule has 1 N–H and O–H groups in total. The van der Waals surface area contributed by atoms with Crippen molar-refractivity contribution in [2.75, 3.05) is 7.11 Å². The Hall–Kier alpha value is -1.62. The molecule has 0 aromatic carbocycles. The number of hydrogen-bond donors (Lipinski definition) is 1. The summed E-state index contributed by atoms with van der Waals surface area (Å²) >= 11 is 0. The Morgan fingerprint density at radius 3 is 2.63 bits per heavy atom. The lowest BCUT2D eigenvalue weighted by Gasteiger charge is -2.18. The molecule has 1 aliphatic rings. The highest BCUT2D eigenvalue weighted by Crippen LogP contribution is 2.32. The lowest BCUT2D eigenvalue weighted by Crippen LogP contribution is -2.32. The molecular weight excluding hydrogens is 248 g/mol. The number of aliphatic hydroxyl groups is 1. The molecular formula is C14H20O5. The van der Waals surface area contributed by atoms with E-state index in [-0.39, 0.29) is 17.3 Å². The Bertz CT molecular complexity index is 433. The molecule has 1 aliphatic heterocycles. The molecule has 0 aromatic heterocycles. The zero-order chi connectivity index (χ0) is 14.6. The average molecular weight is 268 g/mol. The number of ketones is 2. The number of carbonyl (C=O) groups is 2. The molecule has 0 fully saturated rings. The van der Waals surface area contributed by atoms with Crippen LogP contribution >= 0.6 is 0 Å². The van der Waals surface area contributed by atoms with Crippen molar-refractivity contribution in [1.82, 2.24) is 0 Å². The molecule has 5 nitrogen and oxygen atoms in total. The van der Waals surface area contributed by atoms with Crippen LogP contribution in [-0.4, -0.2) is 35.5 Å². The van der Waals surface area contributed by atoms with Crippen LogP contribution in [-0.2, 0) is 19.1 Å². The van der Waals surface area contributed by atoms with Crippen LogP contribution in [0.2, 0.25) is 0 Å². The standard InChI is InChI=1S/C14H20O5/c1-9(15)7-5-6-8-14(3)12(17)11(10(2)16)13(18-4)19-14/h6,8-9,15H,5,7H2,1-4H3/t9-,14-/m0/s1. The number of aliphatic hydroxyl groups excluding tert-OH is 1. The first kappa shape index (κ1) is 15.4. The van der Waals surface area contributed by atoms with Crippen LogP contribution in [0, 0.1) is 0 Å². The van der Waals surface area contributed by atoms with E-state index in [0.29, 0.717) is 12.8 Å². The summed E-state index contributed by atoms with van der Waals surface area (Å²) in [6.07, 6.45) is 4.21. The first-order chi connectivity index (χ1) is 8.81. The summed E-state index contributed by atoms with van der Waals surface area (Å²) in [5.41, 5.74) is -1.24. The Morgan fingerprint density at radius 1 is 1.58 bits per heavy atom. The van der Waals surface area contributed by atoms with E-state index in [0.717, 1.165) is 0 Å². The highest BCUT2D eigenvalue weighted by Gasteiger charge is 2.46. The van der Waals surface area contributed by atoms with Crippen LogP contribution in [0.1, 0.15) is 33.6 Å². The Labute approximate surface area is 112 Å². The van der Waals surface area contributed by atoms with Gasteiger partial charge in [-0.15, -0.1) is 0 Å². The number of Topliss-reactive ketones (excluding diaryl/α,β-unsaturated/α-hetero) is 2. The van der Waals surface area contributed by atoms with Crippen LogP contribution in [0.5, 0.6) is 0 Å². The fourth-order valence-electron chi connectivity index (χ4n) is 1.83. The fourth-order valence-corrected chi connectivity index (χ4v) is 1.83. The maximum atomic E-state index is 12.2. The minimum Gasteiger partial charge on any atom is -0.468 e. The van der Waals surface area contributed by atoms with Gasteiger partial charge in [0, 0.05) is 0 Å². The molecule has 2 atom stereocenters. The van der Waals surface area contributed by atoms with E-state index in [2.05, 4.69) is 0 Å². The van der Waals surface area contributed by atoms with E-state index in [1.54, 1.807) is 26.0 Å². The second-order valence-electron chi connectivity index (χ2n) is 4.79. The maximum absolute atomic E-state index is 12.2. The molecule has 0 aromatic rings. The largest absolute Gasteiger partial charge is 0.468 e. The summed E-state index contributed by atoms with van der Waals surface area (Å²) in [5.74, 6) is -0.798. The normalized spacial score (nSPS) is 24.8. The summed E-state index contributed by atoms with van der Waals surface area (Å²) in [4.78, 5) is 23.6. The maximum Gasteiger partial charge on any atom is 0.295 e. The molecule has 0 radical (unpaired) electrons. The van der Waals surface area contributed by atoms with Gasteiger partial charge in [-0.1, -0.05) is 6.08 Å². The van der Waals surface area contributed by atoms with Gasteiger partial charge in [0.25, 0.3) is 5.95 Å². The molecule has 0 saturated carbocycles. The van der Waals surface area contributed by atoms with Crippen molar-refractivity contribution >= 4 is 11.6 Å². The average Bonchev–Trinajstić information content (AvgIpc) is 2.58.